The number of aliphatic carboxylic acids is 1. The fourth-order valence-corrected chi connectivity index (χ4v) is 4.52. The minimum atomic E-state index is -0.659. The lowest BCUT2D eigenvalue weighted by Gasteiger charge is -2.07. The van der Waals surface area contributed by atoms with Gasteiger partial charge in [-0.3, -0.25) is 4.79 Å². The smallest absolute Gasteiger partial charge is 0.303 e. The van der Waals surface area contributed by atoms with E-state index in [0.717, 1.165) is 25.2 Å². The number of aliphatic hydroxyl groups is 1. The van der Waals surface area contributed by atoms with Gasteiger partial charge in [-0.1, -0.05) is 168 Å². The van der Waals surface area contributed by atoms with Crippen molar-refractivity contribution >= 4 is 5.97 Å². The van der Waals surface area contributed by atoms with E-state index in [0.29, 0.717) is 13.0 Å². The number of unbranched alkanes of at least 4 members (excludes halogenated alkanes) is 21. The van der Waals surface area contributed by atoms with Crippen molar-refractivity contribution in [1.82, 2.24) is 0 Å². The van der Waals surface area contributed by atoms with Crippen molar-refractivity contribution in [3.63, 3.8) is 0 Å². The highest BCUT2D eigenvalue weighted by Crippen LogP contribution is 2.16. The van der Waals surface area contributed by atoms with Crippen LogP contribution in [0.2, 0.25) is 0 Å². The highest BCUT2D eigenvalue weighted by molar-refractivity contribution is 5.66. The van der Waals surface area contributed by atoms with Crippen LogP contribution in [-0.4, -0.2) is 22.8 Å². The predicted molar refractivity (Wildman–Crippen MR) is 155 cm³/mol. The van der Waals surface area contributed by atoms with Crippen LogP contribution in [0.1, 0.15) is 188 Å². The van der Waals surface area contributed by atoms with Gasteiger partial charge in [0.1, 0.15) is 0 Å². The number of carbonyl (C=O) groups is 1. The highest BCUT2D eigenvalue weighted by Gasteiger charge is 1.99. The molecule has 0 radical (unpaired) electrons. The normalized spacial score (nSPS) is 11.8. The zero-order valence-electron chi connectivity index (χ0n) is 24.5. The Morgan fingerprint density at radius 2 is 0.886 bits per heavy atom. The van der Waals surface area contributed by atoms with Crippen molar-refractivity contribution in [2.24, 2.45) is 5.92 Å². The fraction of sp³-hybridized carbons (Fsp3) is 0.969. The second-order valence-electron chi connectivity index (χ2n) is 10.9. The lowest BCUT2D eigenvalue weighted by molar-refractivity contribution is -0.137. The number of aliphatic hydroxyl groups excluding tert-OH is 1. The summed E-state index contributed by atoms with van der Waals surface area (Å²) in [5.41, 5.74) is 0. The maximum absolute atomic E-state index is 10.2. The molecule has 0 saturated heterocycles. The van der Waals surface area contributed by atoms with Crippen LogP contribution >= 0.6 is 0 Å². The molecule has 0 aromatic rings. The molecular formula is C32H66O3. The van der Waals surface area contributed by atoms with E-state index in [1.807, 2.05) is 0 Å². The molecule has 0 aliphatic heterocycles. The first-order chi connectivity index (χ1) is 17.1. The summed E-state index contributed by atoms with van der Waals surface area (Å²) >= 11 is 0. The van der Waals surface area contributed by atoms with Crippen molar-refractivity contribution in [3.8, 4) is 0 Å². The summed E-state index contributed by atoms with van der Waals surface area (Å²) in [5.74, 6) is 0.279. The lowest BCUT2D eigenvalue weighted by atomic mass is 9.99. The Balaban J connectivity index is 0. The third-order valence-electron chi connectivity index (χ3n) is 7.30. The number of hydrogen-bond donors (Lipinski definition) is 2. The zero-order valence-corrected chi connectivity index (χ0v) is 24.5. The average molecular weight is 499 g/mol. The van der Waals surface area contributed by atoms with E-state index in [1.54, 1.807) is 0 Å². The summed E-state index contributed by atoms with van der Waals surface area (Å²) in [6, 6.07) is 0. The van der Waals surface area contributed by atoms with Crippen molar-refractivity contribution < 1.29 is 15.0 Å². The lowest BCUT2D eigenvalue weighted by Crippen LogP contribution is -1.93. The van der Waals surface area contributed by atoms with E-state index in [1.165, 1.54) is 141 Å². The quantitative estimate of drug-likeness (QED) is 0.111. The maximum atomic E-state index is 10.2. The van der Waals surface area contributed by atoms with Gasteiger partial charge in [0.2, 0.25) is 0 Å². The van der Waals surface area contributed by atoms with Crippen LogP contribution in [0.5, 0.6) is 0 Å². The fourth-order valence-electron chi connectivity index (χ4n) is 4.52. The molecular weight excluding hydrogens is 432 g/mol. The molecule has 2 N–H and O–H groups in total. The number of rotatable bonds is 27. The molecule has 0 aliphatic rings. The molecule has 0 spiro atoms. The monoisotopic (exact) mass is 499 g/mol. The van der Waals surface area contributed by atoms with Gasteiger partial charge in [-0.05, 0) is 18.8 Å². The second-order valence-corrected chi connectivity index (χ2v) is 10.9. The predicted octanol–water partition coefficient (Wildman–Crippen LogP) is 10.9. The molecule has 3 heteroatoms. The van der Waals surface area contributed by atoms with Gasteiger partial charge in [0, 0.05) is 13.0 Å². The molecule has 1 unspecified atom stereocenters. The Morgan fingerprint density at radius 1 is 0.543 bits per heavy atom. The Morgan fingerprint density at radius 3 is 1.23 bits per heavy atom. The summed E-state index contributed by atoms with van der Waals surface area (Å²) in [6.45, 7) is 7.29. The minimum Gasteiger partial charge on any atom is -0.481 e. The van der Waals surface area contributed by atoms with E-state index in [9.17, 15) is 4.79 Å². The molecule has 0 heterocycles. The molecule has 35 heavy (non-hydrogen) atoms. The molecule has 0 fully saturated rings. The van der Waals surface area contributed by atoms with Gasteiger partial charge >= 0.3 is 5.97 Å². The third-order valence-corrected chi connectivity index (χ3v) is 7.30. The van der Waals surface area contributed by atoms with Crippen molar-refractivity contribution in [1.29, 1.82) is 0 Å². The molecule has 0 aromatic heterocycles. The average Bonchev–Trinajstić information content (AvgIpc) is 2.85. The Labute approximate surface area is 221 Å². The van der Waals surface area contributed by atoms with Gasteiger partial charge in [0.15, 0.2) is 0 Å². The van der Waals surface area contributed by atoms with Gasteiger partial charge in [0.05, 0.1) is 0 Å². The van der Waals surface area contributed by atoms with Crippen LogP contribution in [0.15, 0.2) is 0 Å². The molecule has 0 bridgehead atoms. The summed E-state index contributed by atoms with van der Waals surface area (Å²) in [5, 5.41) is 17.1. The first-order valence-electron chi connectivity index (χ1n) is 15.9. The van der Waals surface area contributed by atoms with Gasteiger partial charge in [0.25, 0.3) is 0 Å². The van der Waals surface area contributed by atoms with Crippen LogP contribution in [0.25, 0.3) is 0 Å². The first-order valence-corrected chi connectivity index (χ1v) is 15.9. The zero-order chi connectivity index (χ0) is 26.2. The molecule has 0 aromatic carbocycles. The van der Waals surface area contributed by atoms with E-state index in [2.05, 4.69) is 20.8 Å². The largest absolute Gasteiger partial charge is 0.481 e. The Hall–Kier alpha value is -0.570. The van der Waals surface area contributed by atoms with Crippen LogP contribution in [-0.2, 0) is 4.79 Å². The molecule has 212 valence electrons. The molecule has 0 amide bonds. The van der Waals surface area contributed by atoms with Crippen molar-refractivity contribution in [3.05, 3.63) is 0 Å². The summed E-state index contributed by atoms with van der Waals surface area (Å²) in [4.78, 5) is 10.2. The molecule has 0 rings (SSSR count). The van der Waals surface area contributed by atoms with Gasteiger partial charge in [-0.25, -0.2) is 0 Å². The molecule has 0 aliphatic carbocycles. The minimum absolute atomic E-state index is 0.343. The van der Waals surface area contributed by atoms with Crippen LogP contribution in [0.4, 0.5) is 0 Å². The SMILES string of the molecule is CCC(C)CCCCCCCCCCCCCCCCO.CCCCCCCCCCCC(=O)O. The topological polar surface area (TPSA) is 57.5 Å². The second kappa shape index (κ2) is 33.4. The number of hydrogen-bond acceptors (Lipinski definition) is 2. The van der Waals surface area contributed by atoms with E-state index >= 15 is 0 Å². The Bertz CT molecular complexity index is 383. The standard InChI is InChI=1S/C20H42O.C12H24O2/c1-3-20(2)18-16-14-12-10-8-6-4-5-7-9-11-13-15-17-19-21;1-2-3-4-5-6-7-8-9-10-11-12(13)14/h20-21H,3-19H2,1-2H3;2-11H2,1H3,(H,13,14). The third kappa shape index (κ3) is 38.1. The van der Waals surface area contributed by atoms with E-state index in [4.69, 9.17) is 10.2 Å². The van der Waals surface area contributed by atoms with Crippen LogP contribution < -0.4 is 0 Å². The Kier molecular flexibility index (Phi) is 34.9. The van der Waals surface area contributed by atoms with E-state index in [-0.39, 0.29) is 0 Å². The number of carboxylic acids is 1. The first kappa shape index (κ1) is 36.6. The molecule has 1 atom stereocenters. The van der Waals surface area contributed by atoms with Crippen molar-refractivity contribution in [2.45, 2.75) is 188 Å². The summed E-state index contributed by atoms with van der Waals surface area (Å²) in [7, 11) is 0. The summed E-state index contributed by atoms with van der Waals surface area (Å²) < 4.78 is 0. The van der Waals surface area contributed by atoms with Gasteiger partial charge < -0.3 is 10.2 Å². The number of carboxylic acid groups (broad SMARTS) is 1. The van der Waals surface area contributed by atoms with Crippen LogP contribution in [0.3, 0.4) is 0 Å². The molecule has 0 saturated carbocycles. The maximum Gasteiger partial charge on any atom is 0.303 e. The molecule has 3 nitrogen and oxygen atoms in total. The van der Waals surface area contributed by atoms with Gasteiger partial charge in [-0.15, -0.1) is 0 Å². The summed E-state index contributed by atoms with van der Waals surface area (Å²) in [6.07, 6.45) is 33.6. The van der Waals surface area contributed by atoms with Crippen molar-refractivity contribution in [2.75, 3.05) is 6.61 Å². The van der Waals surface area contributed by atoms with E-state index < -0.39 is 5.97 Å². The van der Waals surface area contributed by atoms with Gasteiger partial charge in [-0.2, -0.15) is 0 Å². The van der Waals surface area contributed by atoms with Crippen LogP contribution in [0, 0.1) is 5.92 Å². The highest BCUT2D eigenvalue weighted by atomic mass is 16.4.